The highest BCUT2D eigenvalue weighted by molar-refractivity contribution is 5.79. The van der Waals surface area contributed by atoms with Crippen molar-refractivity contribution in [1.82, 2.24) is 15.0 Å². The highest BCUT2D eigenvalue weighted by Gasteiger charge is 2.31. The minimum atomic E-state index is 0.158. The summed E-state index contributed by atoms with van der Waals surface area (Å²) in [5.74, 6) is 2.02. The van der Waals surface area contributed by atoms with Crippen LogP contribution in [-0.2, 0) is 4.79 Å². The minimum absolute atomic E-state index is 0.158. The standard InChI is InChI=1S/C14H19N3O2/c1-10-15-13(16-19-10)12-7-4-8-17(9-12)14(18)11-5-2-3-6-11/h2-3,11-12H,4-9H2,1H3/t12-/m1/s1. The molecular formula is C14H19N3O2. The monoisotopic (exact) mass is 261 g/mol. The first-order valence-electron chi connectivity index (χ1n) is 6.98. The number of allylic oxidation sites excluding steroid dienone is 2. The maximum atomic E-state index is 12.4. The van der Waals surface area contributed by atoms with Crippen LogP contribution in [0.2, 0.25) is 0 Å². The molecule has 1 aliphatic heterocycles. The van der Waals surface area contributed by atoms with E-state index in [1.54, 1.807) is 6.92 Å². The predicted octanol–water partition coefficient (Wildman–Crippen LogP) is 2.05. The third-order valence-corrected chi connectivity index (χ3v) is 4.00. The Balaban J connectivity index is 1.66. The second-order valence-corrected chi connectivity index (χ2v) is 5.43. The molecule has 0 radical (unpaired) electrons. The molecule has 0 spiro atoms. The quantitative estimate of drug-likeness (QED) is 0.764. The fraction of sp³-hybridized carbons (Fsp3) is 0.643. The van der Waals surface area contributed by atoms with E-state index in [0.717, 1.165) is 44.6 Å². The van der Waals surface area contributed by atoms with Gasteiger partial charge in [0.1, 0.15) is 0 Å². The number of hydrogen-bond acceptors (Lipinski definition) is 4. The van der Waals surface area contributed by atoms with Gasteiger partial charge in [0.05, 0.1) is 0 Å². The van der Waals surface area contributed by atoms with Crippen molar-refractivity contribution < 1.29 is 9.32 Å². The molecule has 5 nitrogen and oxygen atoms in total. The van der Waals surface area contributed by atoms with Crippen LogP contribution in [0.5, 0.6) is 0 Å². The largest absolute Gasteiger partial charge is 0.342 e. The highest BCUT2D eigenvalue weighted by Crippen LogP contribution is 2.28. The summed E-state index contributed by atoms with van der Waals surface area (Å²) in [4.78, 5) is 18.7. The van der Waals surface area contributed by atoms with Gasteiger partial charge in [0, 0.05) is 31.8 Å². The van der Waals surface area contributed by atoms with Gasteiger partial charge in [0.2, 0.25) is 11.8 Å². The molecule has 3 rings (SSSR count). The fourth-order valence-electron chi connectivity index (χ4n) is 2.95. The normalized spacial score (nSPS) is 24.1. The molecule has 1 fully saturated rings. The molecule has 1 aliphatic carbocycles. The van der Waals surface area contributed by atoms with Crippen LogP contribution in [0.25, 0.3) is 0 Å². The van der Waals surface area contributed by atoms with E-state index in [-0.39, 0.29) is 17.7 Å². The lowest BCUT2D eigenvalue weighted by atomic mass is 9.95. The third kappa shape index (κ3) is 2.55. The zero-order valence-corrected chi connectivity index (χ0v) is 11.2. The summed E-state index contributed by atoms with van der Waals surface area (Å²) < 4.78 is 5.04. The number of likely N-dealkylation sites (tertiary alicyclic amines) is 1. The Morgan fingerprint density at radius 3 is 2.89 bits per heavy atom. The van der Waals surface area contributed by atoms with Crippen LogP contribution in [0.4, 0.5) is 0 Å². The predicted molar refractivity (Wildman–Crippen MR) is 69.5 cm³/mol. The lowest BCUT2D eigenvalue weighted by molar-refractivity contribution is -0.136. The van der Waals surface area contributed by atoms with Gasteiger partial charge in [0.25, 0.3) is 0 Å². The summed E-state index contributed by atoms with van der Waals surface area (Å²) in [5, 5.41) is 3.99. The molecule has 1 atom stereocenters. The number of nitrogens with zero attached hydrogens (tertiary/aromatic N) is 3. The minimum Gasteiger partial charge on any atom is -0.342 e. The van der Waals surface area contributed by atoms with Gasteiger partial charge in [-0.25, -0.2) is 0 Å². The maximum Gasteiger partial charge on any atom is 0.226 e. The average Bonchev–Trinajstić information content (AvgIpc) is 3.09. The van der Waals surface area contributed by atoms with Crippen molar-refractivity contribution in [3.8, 4) is 0 Å². The number of carbonyl (C=O) groups excluding carboxylic acids is 1. The summed E-state index contributed by atoms with van der Waals surface area (Å²) >= 11 is 0. The van der Waals surface area contributed by atoms with Crippen molar-refractivity contribution in [3.63, 3.8) is 0 Å². The van der Waals surface area contributed by atoms with Gasteiger partial charge in [-0.1, -0.05) is 17.3 Å². The van der Waals surface area contributed by atoms with Crippen molar-refractivity contribution in [2.45, 2.75) is 38.5 Å². The zero-order valence-electron chi connectivity index (χ0n) is 11.2. The number of aromatic nitrogens is 2. The zero-order chi connectivity index (χ0) is 13.2. The van der Waals surface area contributed by atoms with E-state index in [9.17, 15) is 4.79 Å². The van der Waals surface area contributed by atoms with E-state index < -0.39 is 0 Å². The van der Waals surface area contributed by atoms with E-state index in [1.807, 2.05) is 4.90 Å². The van der Waals surface area contributed by atoms with E-state index in [4.69, 9.17) is 4.52 Å². The molecule has 5 heteroatoms. The van der Waals surface area contributed by atoms with Crippen LogP contribution >= 0.6 is 0 Å². The first kappa shape index (κ1) is 12.4. The first-order chi connectivity index (χ1) is 9.24. The fourth-order valence-corrected chi connectivity index (χ4v) is 2.95. The molecule has 1 amide bonds. The molecule has 0 bridgehead atoms. The van der Waals surface area contributed by atoms with Crippen LogP contribution in [0.15, 0.2) is 16.7 Å². The van der Waals surface area contributed by atoms with Gasteiger partial charge >= 0.3 is 0 Å². The molecule has 1 saturated heterocycles. The topological polar surface area (TPSA) is 59.2 Å². The summed E-state index contributed by atoms with van der Waals surface area (Å²) in [6.45, 7) is 3.39. The average molecular weight is 261 g/mol. The molecule has 2 heterocycles. The van der Waals surface area contributed by atoms with Crippen molar-refractivity contribution in [3.05, 3.63) is 23.9 Å². The molecule has 0 saturated carbocycles. The molecule has 19 heavy (non-hydrogen) atoms. The van der Waals surface area contributed by atoms with Gasteiger partial charge in [-0.2, -0.15) is 4.98 Å². The number of aryl methyl sites for hydroxylation is 1. The number of carbonyl (C=O) groups is 1. The Morgan fingerprint density at radius 1 is 1.42 bits per heavy atom. The molecule has 0 aromatic carbocycles. The van der Waals surface area contributed by atoms with Crippen LogP contribution < -0.4 is 0 Å². The Kier molecular flexibility index (Phi) is 3.36. The SMILES string of the molecule is Cc1nc([C@@H]2CCCN(C(=O)C3CC=CC3)C2)no1. The van der Waals surface area contributed by atoms with Crippen LogP contribution in [-0.4, -0.2) is 34.0 Å². The molecular weight excluding hydrogens is 242 g/mol. The van der Waals surface area contributed by atoms with Crippen molar-refractivity contribution >= 4 is 5.91 Å². The Morgan fingerprint density at radius 2 is 2.21 bits per heavy atom. The molecule has 102 valence electrons. The number of hydrogen-bond donors (Lipinski definition) is 0. The first-order valence-corrected chi connectivity index (χ1v) is 6.98. The van der Waals surface area contributed by atoms with E-state index >= 15 is 0 Å². The summed E-state index contributed by atoms with van der Waals surface area (Å²) in [6, 6.07) is 0. The molecule has 1 aromatic rings. The summed E-state index contributed by atoms with van der Waals surface area (Å²) in [7, 11) is 0. The molecule has 1 aromatic heterocycles. The van der Waals surface area contributed by atoms with Gasteiger partial charge < -0.3 is 9.42 Å². The van der Waals surface area contributed by atoms with Crippen molar-refractivity contribution in [2.75, 3.05) is 13.1 Å². The Labute approximate surface area is 112 Å². The highest BCUT2D eigenvalue weighted by atomic mass is 16.5. The van der Waals surface area contributed by atoms with E-state index in [0.29, 0.717) is 5.89 Å². The van der Waals surface area contributed by atoms with Crippen LogP contribution in [0.1, 0.15) is 43.3 Å². The summed E-state index contributed by atoms with van der Waals surface area (Å²) in [6.07, 6.45) is 8.04. The Hall–Kier alpha value is -1.65. The smallest absolute Gasteiger partial charge is 0.226 e. The molecule has 0 N–H and O–H groups in total. The van der Waals surface area contributed by atoms with Gasteiger partial charge in [-0.15, -0.1) is 0 Å². The lowest BCUT2D eigenvalue weighted by Crippen LogP contribution is -2.42. The molecule has 2 aliphatic rings. The number of amides is 1. The van der Waals surface area contributed by atoms with Crippen molar-refractivity contribution in [1.29, 1.82) is 0 Å². The number of rotatable bonds is 2. The van der Waals surface area contributed by atoms with E-state index in [2.05, 4.69) is 22.3 Å². The van der Waals surface area contributed by atoms with Crippen LogP contribution in [0, 0.1) is 12.8 Å². The van der Waals surface area contributed by atoms with Gasteiger partial charge in [-0.05, 0) is 25.7 Å². The lowest BCUT2D eigenvalue weighted by Gasteiger charge is -2.33. The van der Waals surface area contributed by atoms with Gasteiger partial charge in [0.15, 0.2) is 5.82 Å². The van der Waals surface area contributed by atoms with Crippen molar-refractivity contribution in [2.24, 2.45) is 5.92 Å². The summed E-state index contributed by atoms with van der Waals surface area (Å²) in [5.41, 5.74) is 0. The second-order valence-electron chi connectivity index (χ2n) is 5.43. The second kappa shape index (κ2) is 5.15. The number of piperidine rings is 1. The molecule has 0 unspecified atom stereocenters. The van der Waals surface area contributed by atoms with Gasteiger partial charge in [-0.3, -0.25) is 4.79 Å². The Bertz CT molecular complexity index is 487. The van der Waals surface area contributed by atoms with E-state index in [1.165, 1.54) is 0 Å². The van der Waals surface area contributed by atoms with Crippen LogP contribution in [0.3, 0.4) is 0 Å². The maximum absolute atomic E-state index is 12.4. The third-order valence-electron chi connectivity index (χ3n) is 4.00.